The molecule has 15 heteroatoms. The van der Waals surface area contributed by atoms with Gasteiger partial charge < -0.3 is 14.8 Å². The van der Waals surface area contributed by atoms with Crippen molar-refractivity contribution in [2.75, 3.05) is 50.0 Å². The number of nitrogens with one attached hydrogen (secondary N) is 1. The number of benzene rings is 2. The van der Waals surface area contributed by atoms with Crippen LogP contribution >= 0.6 is 0 Å². The molecule has 0 saturated carbocycles. The lowest BCUT2D eigenvalue weighted by Gasteiger charge is -2.29. The lowest BCUT2D eigenvalue weighted by Crippen LogP contribution is -2.48. The number of nitro groups is 1. The SMILES string of the molecule is Cc1ccc([N+](=O)[O-])cc1N([C@@H](C)C(=O)NCCOc1ccc(S(=O)(=O)N2CCOCC2)cc1)S(C)(=O)=O. The fourth-order valence-electron chi connectivity index (χ4n) is 3.86. The van der Waals surface area contributed by atoms with Crippen LogP contribution in [-0.4, -0.2) is 83.7 Å². The lowest BCUT2D eigenvalue weighted by molar-refractivity contribution is -0.384. The topological polar surface area (TPSA) is 165 Å². The Morgan fingerprint density at radius 1 is 1.16 bits per heavy atom. The number of ether oxygens (including phenoxy) is 2. The van der Waals surface area contributed by atoms with Gasteiger partial charge in [0.05, 0.1) is 41.5 Å². The maximum atomic E-state index is 12.8. The van der Waals surface area contributed by atoms with Crippen LogP contribution in [0.1, 0.15) is 12.5 Å². The maximum Gasteiger partial charge on any atom is 0.271 e. The molecule has 0 unspecified atom stereocenters. The molecule has 1 aliphatic rings. The number of sulfonamides is 2. The molecule has 0 spiro atoms. The van der Waals surface area contributed by atoms with Gasteiger partial charge in [0.2, 0.25) is 26.0 Å². The number of anilines is 1. The number of carbonyl (C=O) groups is 1. The van der Waals surface area contributed by atoms with E-state index in [1.807, 2.05) is 0 Å². The standard InChI is InChI=1S/C23H30N4O9S2/c1-17-4-5-19(27(29)30)16-22(17)26(37(3,31)32)18(2)23(28)24-10-13-36-20-6-8-21(9-7-20)38(33,34)25-11-14-35-15-12-25/h4-9,16,18H,10-15H2,1-3H3,(H,24,28)/t18-/m0/s1. The summed E-state index contributed by atoms with van der Waals surface area (Å²) < 4.78 is 63.4. The number of nitro benzene ring substituents is 1. The smallest absolute Gasteiger partial charge is 0.271 e. The van der Waals surface area contributed by atoms with Crippen LogP contribution in [-0.2, 0) is 29.6 Å². The summed E-state index contributed by atoms with van der Waals surface area (Å²) in [6, 6.07) is 8.48. The number of hydrogen-bond acceptors (Lipinski definition) is 9. The average molecular weight is 571 g/mol. The van der Waals surface area contributed by atoms with Crippen molar-refractivity contribution in [1.82, 2.24) is 9.62 Å². The number of hydrogen-bond donors (Lipinski definition) is 1. The maximum absolute atomic E-state index is 12.8. The number of aryl methyl sites for hydroxylation is 1. The van der Waals surface area contributed by atoms with Crippen LogP contribution in [0, 0.1) is 17.0 Å². The van der Waals surface area contributed by atoms with Crippen LogP contribution in [0.4, 0.5) is 11.4 Å². The predicted molar refractivity (Wildman–Crippen MR) is 139 cm³/mol. The Morgan fingerprint density at radius 3 is 2.37 bits per heavy atom. The van der Waals surface area contributed by atoms with Crippen LogP contribution < -0.4 is 14.4 Å². The zero-order valence-corrected chi connectivity index (χ0v) is 22.8. The number of carbonyl (C=O) groups excluding carboxylic acids is 1. The summed E-state index contributed by atoms with van der Waals surface area (Å²) in [5.41, 5.74) is 0.180. The molecule has 13 nitrogen and oxygen atoms in total. The summed E-state index contributed by atoms with van der Waals surface area (Å²) >= 11 is 0. The van der Waals surface area contributed by atoms with Crippen LogP contribution in [0.5, 0.6) is 5.75 Å². The Hall–Kier alpha value is -3.27. The highest BCUT2D eigenvalue weighted by Crippen LogP contribution is 2.29. The highest BCUT2D eigenvalue weighted by molar-refractivity contribution is 7.92. The van der Waals surface area contributed by atoms with Gasteiger partial charge in [0.25, 0.3) is 5.69 Å². The van der Waals surface area contributed by atoms with Crippen LogP contribution in [0.3, 0.4) is 0 Å². The zero-order valence-electron chi connectivity index (χ0n) is 21.2. The van der Waals surface area contributed by atoms with Crippen molar-refractivity contribution in [3.05, 3.63) is 58.1 Å². The minimum absolute atomic E-state index is 0.0303. The van der Waals surface area contributed by atoms with Crippen LogP contribution in [0.15, 0.2) is 47.4 Å². The molecule has 2 aromatic carbocycles. The van der Waals surface area contributed by atoms with Crippen molar-refractivity contribution in [2.24, 2.45) is 0 Å². The van der Waals surface area contributed by atoms with E-state index >= 15 is 0 Å². The first-order chi connectivity index (χ1) is 17.8. The van der Waals surface area contributed by atoms with Gasteiger partial charge in [-0.2, -0.15) is 4.31 Å². The normalized spacial score (nSPS) is 15.4. The van der Waals surface area contributed by atoms with Gasteiger partial charge in [-0.05, 0) is 43.7 Å². The molecule has 208 valence electrons. The summed E-state index contributed by atoms with van der Waals surface area (Å²) in [6.07, 6.45) is 0.918. The van der Waals surface area contributed by atoms with Crippen LogP contribution in [0.2, 0.25) is 0 Å². The lowest BCUT2D eigenvalue weighted by atomic mass is 10.1. The van der Waals surface area contributed by atoms with Gasteiger partial charge >= 0.3 is 0 Å². The highest BCUT2D eigenvalue weighted by Gasteiger charge is 2.31. The number of morpholine rings is 1. The van der Waals surface area contributed by atoms with Gasteiger partial charge in [0.15, 0.2) is 0 Å². The molecule has 1 fully saturated rings. The summed E-state index contributed by atoms with van der Waals surface area (Å²) in [4.78, 5) is 23.4. The second-order valence-corrected chi connectivity index (χ2v) is 12.4. The first-order valence-electron chi connectivity index (χ1n) is 11.7. The van der Waals surface area contributed by atoms with E-state index in [9.17, 15) is 31.7 Å². The van der Waals surface area contributed by atoms with Crippen LogP contribution in [0.25, 0.3) is 0 Å². The molecule has 38 heavy (non-hydrogen) atoms. The molecule has 1 heterocycles. The summed E-state index contributed by atoms with van der Waals surface area (Å²) in [7, 11) is -7.59. The Balaban J connectivity index is 1.60. The molecule has 1 N–H and O–H groups in total. The summed E-state index contributed by atoms with van der Waals surface area (Å²) in [5, 5.41) is 13.8. The number of non-ortho nitro benzene ring substituents is 1. The third kappa shape index (κ3) is 6.98. The van der Waals surface area contributed by atoms with Gasteiger partial charge in [-0.3, -0.25) is 19.2 Å². The van der Waals surface area contributed by atoms with Crippen molar-refractivity contribution < 1.29 is 36.0 Å². The molecule has 0 aromatic heterocycles. The summed E-state index contributed by atoms with van der Waals surface area (Å²) in [5.74, 6) is -0.241. The van der Waals surface area contributed by atoms with E-state index < -0.39 is 36.9 Å². The fourth-order valence-corrected chi connectivity index (χ4v) is 6.50. The fraction of sp³-hybridized carbons (Fsp3) is 0.435. The van der Waals surface area contributed by atoms with Gasteiger partial charge in [-0.1, -0.05) is 6.07 Å². The Kier molecular flexibility index (Phi) is 9.30. The predicted octanol–water partition coefficient (Wildman–Crippen LogP) is 1.27. The number of amides is 1. The molecule has 0 radical (unpaired) electrons. The molecule has 0 aliphatic carbocycles. The second kappa shape index (κ2) is 12.1. The Morgan fingerprint density at radius 2 is 1.79 bits per heavy atom. The quantitative estimate of drug-likeness (QED) is 0.238. The molecule has 2 aromatic rings. The zero-order chi connectivity index (χ0) is 28.1. The first kappa shape index (κ1) is 29.3. The monoisotopic (exact) mass is 570 g/mol. The summed E-state index contributed by atoms with van der Waals surface area (Å²) in [6.45, 7) is 4.29. The second-order valence-electron chi connectivity index (χ2n) is 8.59. The number of rotatable bonds is 11. The molecular weight excluding hydrogens is 540 g/mol. The van der Waals surface area contributed by atoms with Gasteiger partial charge in [-0.15, -0.1) is 0 Å². The van der Waals surface area contributed by atoms with E-state index in [4.69, 9.17) is 9.47 Å². The average Bonchev–Trinajstić information content (AvgIpc) is 2.87. The third-order valence-electron chi connectivity index (χ3n) is 5.83. The molecule has 1 aliphatic heterocycles. The minimum atomic E-state index is -3.97. The molecule has 1 atom stereocenters. The largest absolute Gasteiger partial charge is 0.492 e. The number of nitrogens with zero attached hydrogens (tertiary/aromatic N) is 3. The van der Waals surface area contributed by atoms with E-state index in [-0.39, 0.29) is 42.5 Å². The van der Waals surface area contributed by atoms with E-state index in [2.05, 4.69) is 5.32 Å². The third-order valence-corrected chi connectivity index (χ3v) is 8.97. The van der Waals surface area contributed by atoms with E-state index in [0.717, 1.165) is 16.6 Å². The van der Waals surface area contributed by atoms with Crippen molar-refractivity contribution in [1.29, 1.82) is 0 Å². The van der Waals surface area contributed by atoms with Crippen molar-refractivity contribution in [3.63, 3.8) is 0 Å². The van der Waals surface area contributed by atoms with Gasteiger partial charge in [0, 0.05) is 25.2 Å². The molecule has 3 rings (SSSR count). The van der Waals surface area contributed by atoms with Gasteiger partial charge in [0.1, 0.15) is 18.4 Å². The van der Waals surface area contributed by atoms with E-state index in [0.29, 0.717) is 24.5 Å². The highest BCUT2D eigenvalue weighted by atomic mass is 32.2. The molecule has 0 bridgehead atoms. The molecule has 1 amide bonds. The van der Waals surface area contributed by atoms with Crippen molar-refractivity contribution in [3.8, 4) is 5.75 Å². The Bertz CT molecular complexity index is 1370. The van der Waals surface area contributed by atoms with E-state index in [1.54, 1.807) is 6.92 Å². The Labute approximate surface area is 221 Å². The van der Waals surface area contributed by atoms with Crippen molar-refractivity contribution in [2.45, 2.75) is 24.8 Å². The van der Waals surface area contributed by atoms with Gasteiger partial charge in [-0.25, -0.2) is 16.8 Å². The first-order valence-corrected chi connectivity index (χ1v) is 14.9. The van der Waals surface area contributed by atoms with Crippen molar-refractivity contribution >= 4 is 37.3 Å². The molecule has 1 saturated heterocycles. The van der Waals surface area contributed by atoms with E-state index in [1.165, 1.54) is 47.6 Å². The minimum Gasteiger partial charge on any atom is -0.492 e. The molecular formula is C23H30N4O9S2.